The van der Waals surface area contributed by atoms with E-state index in [1.54, 1.807) is 0 Å². The SMILES string of the molecule is C=CCN(C)c1nc(C)ns1. The lowest BCUT2D eigenvalue weighted by atomic mass is 10.6. The van der Waals surface area contributed by atoms with Crippen molar-refractivity contribution >= 4 is 16.7 Å². The lowest BCUT2D eigenvalue weighted by Crippen LogP contribution is -2.15. The van der Waals surface area contributed by atoms with Gasteiger partial charge >= 0.3 is 0 Å². The fourth-order valence-electron chi connectivity index (χ4n) is 0.713. The Kier molecular flexibility index (Phi) is 2.59. The van der Waals surface area contributed by atoms with Crippen LogP contribution in [0.5, 0.6) is 0 Å². The standard InChI is InChI=1S/C7H11N3S/c1-4-5-10(3)7-8-6(2)9-11-7/h4H,1,5H2,2-3H3. The molecule has 0 aromatic carbocycles. The number of nitrogens with zero attached hydrogens (tertiary/aromatic N) is 3. The van der Waals surface area contributed by atoms with Crippen LogP contribution in [-0.4, -0.2) is 22.9 Å². The highest BCUT2D eigenvalue weighted by Crippen LogP contribution is 2.14. The number of aryl methyl sites for hydroxylation is 1. The van der Waals surface area contributed by atoms with Crippen molar-refractivity contribution in [2.75, 3.05) is 18.5 Å². The third-order valence-corrected chi connectivity index (χ3v) is 2.17. The van der Waals surface area contributed by atoms with Crippen molar-refractivity contribution in [3.8, 4) is 0 Å². The molecule has 0 unspecified atom stereocenters. The predicted octanol–water partition coefficient (Wildman–Crippen LogP) is 1.47. The maximum Gasteiger partial charge on any atom is 0.205 e. The van der Waals surface area contributed by atoms with E-state index in [9.17, 15) is 0 Å². The molecule has 0 bridgehead atoms. The average Bonchev–Trinajstić information content (AvgIpc) is 2.36. The quantitative estimate of drug-likeness (QED) is 0.642. The van der Waals surface area contributed by atoms with Crippen LogP contribution in [0, 0.1) is 6.92 Å². The number of hydrogen-bond acceptors (Lipinski definition) is 4. The summed E-state index contributed by atoms with van der Waals surface area (Å²) in [5.41, 5.74) is 0. The first-order valence-electron chi connectivity index (χ1n) is 3.36. The molecular weight excluding hydrogens is 158 g/mol. The van der Waals surface area contributed by atoms with E-state index in [0.717, 1.165) is 17.5 Å². The molecule has 0 fully saturated rings. The molecule has 0 aliphatic heterocycles. The van der Waals surface area contributed by atoms with Crippen molar-refractivity contribution in [3.63, 3.8) is 0 Å². The van der Waals surface area contributed by atoms with E-state index in [1.165, 1.54) is 11.5 Å². The van der Waals surface area contributed by atoms with Crippen LogP contribution >= 0.6 is 11.5 Å². The zero-order chi connectivity index (χ0) is 8.27. The van der Waals surface area contributed by atoms with E-state index < -0.39 is 0 Å². The molecule has 0 spiro atoms. The highest BCUT2D eigenvalue weighted by Gasteiger charge is 2.02. The molecule has 0 N–H and O–H groups in total. The van der Waals surface area contributed by atoms with Crippen LogP contribution in [0.1, 0.15) is 5.82 Å². The highest BCUT2D eigenvalue weighted by atomic mass is 32.1. The summed E-state index contributed by atoms with van der Waals surface area (Å²) in [7, 11) is 1.97. The number of rotatable bonds is 3. The average molecular weight is 169 g/mol. The van der Waals surface area contributed by atoms with Gasteiger partial charge in [0.25, 0.3) is 0 Å². The van der Waals surface area contributed by atoms with Crippen molar-refractivity contribution in [2.45, 2.75) is 6.92 Å². The number of aromatic nitrogens is 2. The summed E-state index contributed by atoms with van der Waals surface area (Å²) in [5.74, 6) is 0.834. The molecule has 0 saturated heterocycles. The largest absolute Gasteiger partial charge is 0.346 e. The molecule has 60 valence electrons. The lowest BCUT2D eigenvalue weighted by Gasteiger charge is -2.10. The minimum Gasteiger partial charge on any atom is -0.346 e. The molecule has 3 nitrogen and oxygen atoms in total. The second-order valence-corrected chi connectivity index (χ2v) is 3.02. The van der Waals surface area contributed by atoms with E-state index in [2.05, 4.69) is 15.9 Å². The van der Waals surface area contributed by atoms with Crippen molar-refractivity contribution in [1.29, 1.82) is 0 Å². The van der Waals surface area contributed by atoms with Crippen LogP contribution in [0.15, 0.2) is 12.7 Å². The molecular formula is C7H11N3S. The van der Waals surface area contributed by atoms with Gasteiger partial charge in [-0.05, 0) is 6.92 Å². The summed E-state index contributed by atoms with van der Waals surface area (Å²) in [6.45, 7) is 6.35. The third-order valence-electron chi connectivity index (χ3n) is 1.25. The Bertz CT molecular complexity index is 244. The summed E-state index contributed by atoms with van der Waals surface area (Å²) < 4.78 is 4.07. The molecule has 0 amide bonds. The second-order valence-electron chi connectivity index (χ2n) is 2.29. The Morgan fingerprint density at radius 2 is 2.45 bits per heavy atom. The van der Waals surface area contributed by atoms with Crippen LogP contribution in [0.2, 0.25) is 0 Å². The Morgan fingerprint density at radius 3 is 2.91 bits per heavy atom. The topological polar surface area (TPSA) is 29.0 Å². The van der Waals surface area contributed by atoms with E-state index in [4.69, 9.17) is 0 Å². The third kappa shape index (κ3) is 2.01. The molecule has 1 heterocycles. The second kappa shape index (κ2) is 3.48. The van der Waals surface area contributed by atoms with Crippen LogP contribution in [0.4, 0.5) is 5.13 Å². The molecule has 4 heteroatoms. The fraction of sp³-hybridized carbons (Fsp3) is 0.429. The van der Waals surface area contributed by atoms with E-state index in [-0.39, 0.29) is 0 Å². The molecule has 11 heavy (non-hydrogen) atoms. The maximum absolute atomic E-state index is 4.21. The van der Waals surface area contributed by atoms with E-state index in [0.29, 0.717) is 0 Å². The molecule has 1 rings (SSSR count). The molecule has 0 atom stereocenters. The minimum atomic E-state index is 0.814. The summed E-state index contributed by atoms with van der Waals surface area (Å²) in [6, 6.07) is 0. The van der Waals surface area contributed by atoms with Gasteiger partial charge < -0.3 is 4.90 Å². The van der Waals surface area contributed by atoms with E-state index >= 15 is 0 Å². The van der Waals surface area contributed by atoms with Gasteiger partial charge in [0.2, 0.25) is 5.13 Å². The number of likely N-dealkylation sites (N-methyl/N-ethyl adjacent to an activating group) is 1. The van der Waals surface area contributed by atoms with Gasteiger partial charge in [-0.3, -0.25) is 0 Å². The van der Waals surface area contributed by atoms with Crippen molar-refractivity contribution in [2.24, 2.45) is 0 Å². The smallest absolute Gasteiger partial charge is 0.205 e. The number of anilines is 1. The number of hydrogen-bond donors (Lipinski definition) is 0. The molecule has 0 aliphatic rings. The molecule has 0 radical (unpaired) electrons. The summed E-state index contributed by atoms with van der Waals surface area (Å²) in [5, 5.41) is 0.947. The molecule has 0 saturated carbocycles. The minimum absolute atomic E-state index is 0.814. The predicted molar refractivity (Wildman–Crippen MR) is 48.1 cm³/mol. The monoisotopic (exact) mass is 169 g/mol. The van der Waals surface area contributed by atoms with Crippen molar-refractivity contribution in [1.82, 2.24) is 9.36 Å². The maximum atomic E-state index is 4.21. The van der Waals surface area contributed by atoms with Crippen molar-refractivity contribution < 1.29 is 0 Å². The van der Waals surface area contributed by atoms with Crippen LogP contribution in [-0.2, 0) is 0 Å². The summed E-state index contributed by atoms with van der Waals surface area (Å²) >= 11 is 1.41. The van der Waals surface area contributed by atoms with E-state index in [1.807, 2.05) is 24.9 Å². The Hall–Kier alpha value is -0.900. The summed E-state index contributed by atoms with van der Waals surface area (Å²) in [6.07, 6.45) is 1.84. The Balaban J connectivity index is 2.67. The van der Waals surface area contributed by atoms with Crippen LogP contribution in [0.25, 0.3) is 0 Å². The zero-order valence-corrected chi connectivity index (χ0v) is 7.56. The first-order chi connectivity index (χ1) is 5.24. The summed E-state index contributed by atoms with van der Waals surface area (Å²) in [4.78, 5) is 6.23. The lowest BCUT2D eigenvalue weighted by molar-refractivity contribution is 1.00. The molecule has 1 aromatic rings. The van der Waals surface area contributed by atoms with Gasteiger partial charge in [0.05, 0.1) is 0 Å². The van der Waals surface area contributed by atoms with Gasteiger partial charge in [-0.25, -0.2) is 4.98 Å². The van der Waals surface area contributed by atoms with Crippen LogP contribution < -0.4 is 4.90 Å². The van der Waals surface area contributed by atoms with Gasteiger partial charge in [-0.2, -0.15) is 4.37 Å². The Labute approximate surface area is 70.5 Å². The van der Waals surface area contributed by atoms with Gasteiger partial charge in [0, 0.05) is 25.1 Å². The first-order valence-corrected chi connectivity index (χ1v) is 4.13. The van der Waals surface area contributed by atoms with Gasteiger partial charge in [0.15, 0.2) is 0 Å². The van der Waals surface area contributed by atoms with Crippen LogP contribution in [0.3, 0.4) is 0 Å². The van der Waals surface area contributed by atoms with Gasteiger partial charge in [-0.15, -0.1) is 6.58 Å². The Morgan fingerprint density at radius 1 is 1.73 bits per heavy atom. The van der Waals surface area contributed by atoms with Crippen molar-refractivity contribution in [3.05, 3.63) is 18.5 Å². The highest BCUT2D eigenvalue weighted by molar-refractivity contribution is 7.09. The molecule has 0 aliphatic carbocycles. The fourth-order valence-corrected chi connectivity index (χ4v) is 1.35. The zero-order valence-electron chi connectivity index (χ0n) is 6.74. The first kappa shape index (κ1) is 8.20. The van der Waals surface area contributed by atoms with Gasteiger partial charge in [-0.1, -0.05) is 6.08 Å². The molecule has 1 aromatic heterocycles. The normalized spacial score (nSPS) is 9.64. The van der Waals surface area contributed by atoms with Gasteiger partial charge in [0.1, 0.15) is 5.82 Å².